The lowest BCUT2D eigenvalue weighted by Gasteiger charge is -2.17. The fourth-order valence-electron chi connectivity index (χ4n) is 3.00. The highest BCUT2D eigenvalue weighted by Gasteiger charge is 2.18. The monoisotopic (exact) mass is 297 g/mol. The van der Waals surface area contributed by atoms with E-state index in [1.165, 1.54) is 18.4 Å². The molecule has 116 valence electrons. The highest BCUT2D eigenvalue weighted by atomic mass is 16.5. The van der Waals surface area contributed by atoms with Gasteiger partial charge in [0.25, 0.3) is 0 Å². The lowest BCUT2D eigenvalue weighted by Crippen LogP contribution is -2.23. The van der Waals surface area contributed by atoms with E-state index in [9.17, 15) is 0 Å². The van der Waals surface area contributed by atoms with Gasteiger partial charge in [0.15, 0.2) is 11.5 Å². The third-order valence-corrected chi connectivity index (χ3v) is 4.13. The molecule has 2 aromatic carbocycles. The van der Waals surface area contributed by atoms with Gasteiger partial charge in [-0.1, -0.05) is 42.5 Å². The number of benzene rings is 2. The minimum Gasteiger partial charge on any atom is -0.493 e. The van der Waals surface area contributed by atoms with Crippen LogP contribution >= 0.6 is 0 Å². The Kier molecular flexibility index (Phi) is 4.96. The molecular weight excluding hydrogens is 274 g/mol. The Morgan fingerprint density at radius 2 is 1.95 bits per heavy atom. The Bertz CT molecular complexity index is 592. The van der Waals surface area contributed by atoms with Gasteiger partial charge in [-0.15, -0.1) is 0 Å². The van der Waals surface area contributed by atoms with Crippen LogP contribution in [0.2, 0.25) is 0 Å². The normalized spacial score (nSPS) is 17.4. The predicted octanol–water partition coefficient (Wildman–Crippen LogP) is 3.57. The molecule has 1 N–H and O–H groups in total. The lowest BCUT2D eigenvalue weighted by molar-refractivity contribution is 0.283. The molecule has 0 saturated carbocycles. The second-order valence-electron chi connectivity index (χ2n) is 5.72. The van der Waals surface area contributed by atoms with Crippen LogP contribution in [0.5, 0.6) is 11.5 Å². The first-order valence-electron chi connectivity index (χ1n) is 7.93. The summed E-state index contributed by atoms with van der Waals surface area (Å²) in [5.41, 5.74) is 2.37. The number of para-hydroxylation sites is 1. The van der Waals surface area contributed by atoms with Crippen LogP contribution in [-0.4, -0.2) is 19.7 Å². The third-order valence-electron chi connectivity index (χ3n) is 4.13. The van der Waals surface area contributed by atoms with Crippen molar-refractivity contribution in [3.05, 3.63) is 59.7 Å². The molecule has 0 radical (unpaired) electrons. The van der Waals surface area contributed by atoms with Crippen LogP contribution in [0.1, 0.15) is 24.0 Å². The van der Waals surface area contributed by atoms with Crippen LogP contribution in [0, 0.1) is 0 Å². The highest BCUT2D eigenvalue weighted by molar-refractivity contribution is 5.47. The van der Waals surface area contributed by atoms with Crippen LogP contribution < -0.4 is 14.8 Å². The first-order chi connectivity index (χ1) is 10.9. The number of hydrogen-bond donors (Lipinski definition) is 1. The first kappa shape index (κ1) is 14.9. The Morgan fingerprint density at radius 3 is 2.68 bits per heavy atom. The van der Waals surface area contributed by atoms with Gasteiger partial charge in [-0.05, 0) is 43.0 Å². The van der Waals surface area contributed by atoms with Gasteiger partial charge in [-0.2, -0.15) is 0 Å². The van der Waals surface area contributed by atoms with E-state index in [0.29, 0.717) is 12.6 Å². The molecule has 22 heavy (non-hydrogen) atoms. The van der Waals surface area contributed by atoms with Gasteiger partial charge in [0.05, 0.1) is 7.11 Å². The minimum absolute atomic E-state index is 0.554. The van der Waals surface area contributed by atoms with E-state index in [0.717, 1.165) is 30.0 Å². The zero-order chi connectivity index (χ0) is 15.2. The SMILES string of the molecule is COc1c(CC2CCCN2)cccc1OCc1ccccc1. The van der Waals surface area contributed by atoms with Crippen molar-refractivity contribution in [1.82, 2.24) is 5.32 Å². The molecule has 1 aliphatic rings. The van der Waals surface area contributed by atoms with Crippen LogP contribution in [0.3, 0.4) is 0 Å². The maximum atomic E-state index is 5.97. The van der Waals surface area contributed by atoms with E-state index >= 15 is 0 Å². The van der Waals surface area contributed by atoms with E-state index in [1.54, 1.807) is 7.11 Å². The molecule has 3 rings (SSSR count). The molecule has 1 fully saturated rings. The van der Waals surface area contributed by atoms with Gasteiger partial charge in [0, 0.05) is 6.04 Å². The summed E-state index contributed by atoms with van der Waals surface area (Å²) in [5, 5.41) is 3.54. The average Bonchev–Trinajstić information content (AvgIpc) is 3.07. The van der Waals surface area contributed by atoms with Crippen LogP contribution in [-0.2, 0) is 13.0 Å². The van der Waals surface area contributed by atoms with Gasteiger partial charge >= 0.3 is 0 Å². The molecule has 0 amide bonds. The maximum absolute atomic E-state index is 5.97. The van der Waals surface area contributed by atoms with Crippen molar-refractivity contribution in [1.29, 1.82) is 0 Å². The Balaban J connectivity index is 1.72. The average molecular weight is 297 g/mol. The summed E-state index contributed by atoms with van der Waals surface area (Å²) in [6.45, 7) is 1.68. The number of rotatable bonds is 6. The number of methoxy groups -OCH3 is 1. The molecular formula is C19H23NO2. The molecule has 2 aromatic rings. The van der Waals surface area contributed by atoms with Gasteiger partial charge in [0.1, 0.15) is 6.61 Å². The zero-order valence-corrected chi connectivity index (χ0v) is 13.0. The highest BCUT2D eigenvalue weighted by Crippen LogP contribution is 2.33. The molecule has 1 saturated heterocycles. The largest absolute Gasteiger partial charge is 0.493 e. The van der Waals surface area contributed by atoms with Crippen LogP contribution in [0.15, 0.2) is 48.5 Å². The lowest BCUT2D eigenvalue weighted by atomic mass is 10.0. The van der Waals surface area contributed by atoms with Crippen LogP contribution in [0.4, 0.5) is 0 Å². The molecule has 0 aliphatic carbocycles. The molecule has 1 unspecified atom stereocenters. The Hall–Kier alpha value is -2.00. The number of nitrogens with one attached hydrogen (secondary N) is 1. The van der Waals surface area contributed by atoms with Gasteiger partial charge in [-0.25, -0.2) is 0 Å². The maximum Gasteiger partial charge on any atom is 0.163 e. The summed E-state index contributed by atoms with van der Waals surface area (Å²) in [7, 11) is 1.72. The van der Waals surface area contributed by atoms with Crippen molar-refractivity contribution in [2.45, 2.75) is 31.9 Å². The summed E-state index contributed by atoms with van der Waals surface area (Å²) in [6.07, 6.45) is 3.49. The topological polar surface area (TPSA) is 30.5 Å². The molecule has 1 heterocycles. The van der Waals surface area contributed by atoms with E-state index in [-0.39, 0.29) is 0 Å². The van der Waals surface area contributed by atoms with Crippen molar-refractivity contribution in [3.8, 4) is 11.5 Å². The summed E-state index contributed by atoms with van der Waals surface area (Å²) >= 11 is 0. The molecule has 1 atom stereocenters. The van der Waals surface area contributed by atoms with Gasteiger partial charge < -0.3 is 14.8 Å². The summed E-state index contributed by atoms with van der Waals surface area (Å²) < 4.78 is 11.6. The fourth-order valence-corrected chi connectivity index (χ4v) is 3.00. The quantitative estimate of drug-likeness (QED) is 0.884. The van der Waals surface area contributed by atoms with Gasteiger partial charge in [0.2, 0.25) is 0 Å². The molecule has 0 spiro atoms. The molecule has 3 heteroatoms. The summed E-state index contributed by atoms with van der Waals surface area (Å²) in [5.74, 6) is 1.69. The van der Waals surface area contributed by atoms with Gasteiger partial charge in [-0.3, -0.25) is 0 Å². The van der Waals surface area contributed by atoms with E-state index < -0.39 is 0 Å². The van der Waals surface area contributed by atoms with Crippen molar-refractivity contribution < 1.29 is 9.47 Å². The van der Waals surface area contributed by atoms with Crippen molar-refractivity contribution >= 4 is 0 Å². The van der Waals surface area contributed by atoms with Crippen molar-refractivity contribution in [3.63, 3.8) is 0 Å². The molecule has 0 bridgehead atoms. The minimum atomic E-state index is 0.554. The summed E-state index contributed by atoms with van der Waals surface area (Å²) in [6, 6.07) is 16.9. The fraction of sp³-hybridized carbons (Fsp3) is 0.368. The smallest absolute Gasteiger partial charge is 0.163 e. The van der Waals surface area contributed by atoms with E-state index in [4.69, 9.17) is 9.47 Å². The van der Waals surface area contributed by atoms with E-state index in [1.807, 2.05) is 30.3 Å². The molecule has 0 aromatic heterocycles. The van der Waals surface area contributed by atoms with E-state index in [2.05, 4.69) is 23.5 Å². The standard InChI is InChI=1S/C19H23NO2/c1-21-19-16(13-17-10-6-12-20-17)9-5-11-18(19)22-14-15-7-3-2-4-8-15/h2-5,7-9,11,17,20H,6,10,12-14H2,1H3. The Labute approximate surface area is 132 Å². The third kappa shape index (κ3) is 3.60. The second kappa shape index (κ2) is 7.32. The predicted molar refractivity (Wildman–Crippen MR) is 88.5 cm³/mol. The molecule has 3 nitrogen and oxygen atoms in total. The van der Waals surface area contributed by atoms with Crippen LogP contribution in [0.25, 0.3) is 0 Å². The Morgan fingerprint density at radius 1 is 1.09 bits per heavy atom. The zero-order valence-electron chi connectivity index (χ0n) is 13.0. The van der Waals surface area contributed by atoms with Crippen molar-refractivity contribution in [2.75, 3.05) is 13.7 Å². The first-order valence-corrected chi connectivity index (χ1v) is 7.93. The number of hydrogen-bond acceptors (Lipinski definition) is 3. The number of ether oxygens (including phenoxy) is 2. The van der Waals surface area contributed by atoms with Crippen molar-refractivity contribution in [2.24, 2.45) is 0 Å². The summed E-state index contributed by atoms with van der Waals surface area (Å²) in [4.78, 5) is 0. The molecule has 1 aliphatic heterocycles. The second-order valence-corrected chi connectivity index (χ2v) is 5.72.